The molecule has 2 rings (SSSR count). The maximum Gasteiger partial charge on any atom is 0.326 e. The third kappa shape index (κ3) is 2.39. The molecule has 0 bridgehead atoms. The van der Waals surface area contributed by atoms with Crippen LogP contribution >= 0.6 is 0 Å². The van der Waals surface area contributed by atoms with Crippen molar-refractivity contribution in [2.24, 2.45) is 0 Å². The van der Waals surface area contributed by atoms with E-state index in [4.69, 9.17) is 9.84 Å². The van der Waals surface area contributed by atoms with E-state index in [1.165, 1.54) is 25.3 Å². The summed E-state index contributed by atoms with van der Waals surface area (Å²) in [4.78, 5) is 24.5. The van der Waals surface area contributed by atoms with Gasteiger partial charge in [0.15, 0.2) is 11.5 Å². The van der Waals surface area contributed by atoms with Gasteiger partial charge in [-0.25, -0.2) is 4.79 Å². The number of ether oxygens (including phenoxy) is 1. The second kappa shape index (κ2) is 5.38. The summed E-state index contributed by atoms with van der Waals surface area (Å²) in [5, 5.41) is 28.5. The summed E-state index contributed by atoms with van der Waals surface area (Å²) in [6.45, 7) is -0.0769. The fraction of sp³-hybridized carbons (Fsp3) is 0.385. The Hall–Kier alpha value is -2.28. The van der Waals surface area contributed by atoms with Crippen LogP contribution in [0.15, 0.2) is 18.2 Å². The van der Waals surface area contributed by atoms with E-state index in [-0.39, 0.29) is 30.0 Å². The van der Waals surface area contributed by atoms with E-state index in [1.807, 2.05) is 0 Å². The molecular formula is C13H15NO6. The highest BCUT2D eigenvalue weighted by molar-refractivity contribution is 5.99. The van der Waals surface area contributed by atoms with Crippen LogP contribution in [0.1, 0.15) is 16.8 Å². The van der Waals surface area contributed by atoms with Crippen molar-refractivity contribution in [2.75, 3.05) is 13.7 Å². The molecule has 108 valence electrons. The third-order valence-electron chi connectivity index (χ3n) is 3.27. The zero-order chi connectivity index (χ0) is 14.9. The lowest BCUT2D eigenvalue weighted by Gasteiger charge is -2.21. The van der Waals surface area contributed by atoms with Crippen LogP contribution in [0.25, 0.3) is 0 Å². The monoisotopic (exact) mass is 281 g/mol. The standard InChI is InChI=1S/C13H15NO6/c1-20-10-4-2-3-8(11(10)16)12(17)14-6-7(15)5-9(14)13(18)19/h2-4,7,9,15-16H,5-6H2,1H3,(H,18,19). The van der Waals surface area contributed by atoms with Gasteiger partial charge in [-0.05, 0) is 12.1 Å². The number of hydrogen-bond donors (Lipinski definition) is 3. The summed E-state index contributed by atoms with van der Waals surface area (Å²) < 4.78 is 4.91. The summed E-state index contributed by atoms with van der Waals surface area (Å²) in [5.74, 6) is -2.05. The number of aliphatic hydroxyl groups is 1. The Morgan fingerprint density at radius 3 is 2.70 bits per heavy atom. The number of phenols is 1. The molecule has 0 aromatic heterocycles. The van der Waals surface area contributed by atoms with Crippen LogP contribution in [-0.2, 0) is 4.79 Å². The number of benzene rings is 1. The van der Waals surface area contributed by atoms with Crippen molar-refractivity contribution < 1.29 is 29.6 Å². The number of para-hydroxylation sites is 1. The Balaban J connectivity index is 2.34. The number of carbonyl (C=O) groups excluding carboxylic acids is 1. The zero-order valence-electron chi connectivity index (χ0n) is 10.8. The first kappa shape index (κ1) is 14.1. The Bertz CT molecular complexity index is 544. The van der Waals surface area contributed by atoms with Crippen molar-refractivity contribution in [2.45, 2.75) is 18.6 Å². The largest absolute Gasteiger partial charge is 0.504 e. The lowest BCUT2D eigenvalue weighted by Crippen LogP contribution is -2.40. The molecule has 1 amide bonds. The van der Waals surface area contributed by atoms with Crippen molar-refractivity contribution in [1.82, 2.24) is 4.90 Å². The van der Waals surface area contributed by atoms with E-state index in [0.29, 0.717) is 0 Å². The molecule has 20 heavy (non-hydrogen) atoms. The van der Waals surface area contributed by atoms with Gasteiger partial charge in [0.1, 0.15) is 6.04 Å². The van der Waals surface area contributed by atoms with Gasteiger partial charge in [-0.1, -0.05) is 6.07 Å². The summed E-state index contributed by atoms with van der Waals surface area (Å²) in [6.07, 6.45) is -0.904. The van der Waals surface area contributed by atoms with Crippen LogP contribution in [0.3, 0.4) is 0 Å². The molecule has 1 aromatic carbocycles. The van der Waals surface area contributed by atoms with Crippen LogP contribution in [0, 0.1) is 0 Å². The number of carboxylic acids is 1. The van der Waals surface area contributed by atoms with Crippen LogP contribution in [0.4, 0.5) is 0 Å². The highest BCUT2D eigenvalue weighted by atomic mass is 16.5. The van der Waals surface area contributed by atoms with Crippen molar-refractivity contribution in [3.63, 3.8) is 0 Å². The predicted octanol–water partition coefficient (Wildman–Crippen LogP) is 0.0608. The number of aliphatic carboxylic acids is 1. The SMILES string of the molecule is COc1cccc(C(=O)N2CC(O)CC2C(=O)O)c1O. The van der Waals surface area contributed by atoms with Crippen molar-refractivity contribution in [3.8, 4) is 11.5 Å². The number of β-amino-alcohol motifs (C(OH)–C–C–N with tert-alkyl or cyclic N) is 1. The van der Waals surface area contributed by atoms with Crippen molar-refractivity contribution in [3.05, 3.63) is 23.8 Å². The average molecular weight is 281 g/mol. The minimum absolute atomic E-state index is 0.0220. The minimum Gasteiger partial charge on any atom is -0.504 e. The summed E-state index contributed by atoms with van der Waals surface area (Å²) in [7, 11) is 1.35. The van der Waals surface area contributed by atoms with E-state index >= 15 is 0 Å². The number of aliphatic hydroxyl groups excluding tert-OH is 1. The molecule has 1 heterocycles. The molecule has 0 aliphatic carbocycles. The van der Waals surface area contributed by atoms with Crippen LogP contribution < -0.4 is 4.74 Å². The number of methoxy groups -OCH3 is 1. The molecule has 3 N–H and O–H groups in total. The summed E-state index contributed by atoms with van der Waals surface area (Å²) >= 11 is 0. The second-order valence-electron chi connectivity index (χ2n) is 4.56. The first-order valence-corrected chi connectivity index (χ1v) is 6.03. The highest BCUT2D eigenvalue weighted by Crippen LogP contribution is 2.32. The minimum atomic E-state index is -1.18. The van der Waals surface area contributed by atoms with Gasteiger partial charge in [-0.2, -0.15) is 0 Å². The van der Waals surface area contributed by atoms with E-state index in [0.717, 1.165) is 4.90 Å². The lowest BCUT2D eigenvalue weighted by atomic mass is 10.1. The van der Waals surface area contributed by atoms with Crippen LogP contribution in [-0.4, -0.2) is 57.9 Å². The number of phenolic OH excluding ortho intramolecular Hbond substituents is 1. The molecular weight excluding hydrogens is 266 g/mol. The molecule has 1 aromatic rings. The second-order valence-corrected chi connectivity index (χ2v) is 4.56. The van der Waals surface area contributed by atoms with Crippen molar-refractivity contribution >= 4 is 11.9 Å². The fourth-order valence-corrected chi connectivity index (χ4v) is 2.29. The third-order valence-corrected chi connectivity index (χ3v) is 3.27. The normalized spacial score (nSPS) is 21.8. The molecule has 1 aliphatic rings. The summed E-state index contributed by atoms with van der Waals surface area (Å²) in [5.41, 5.74) is -0.0512. The van der Waals surface area contributed by atoms with Gasteiger partial charge in [0.2, 0.25) is 0 Å². The molecule has 1 saturated heterocycles. The average Bonchev–Trinajstić information content (AvgIpc) is 2.80. The molecule has 1 aliphatic heterocycles. The summed E-state index contributed by atoms with van der Waals surface area (Å²) in [6, 6.07) is 3.29. The Morgan fingerprint density at radius 1 is 1.40 bits per heavy atom. The molecule has 0 radical (unpaired) electrons. The van der Waals surface area contributed by atoms with Crippen molar-refractivity contribution in [1.29, 1.82) is 0 Å². The fourth-order valence-electron chi connectivity index (χ4n) is 2.29. The van der Waals surface area contributed by atoms with Gasteiger partial charge in [0, 0.05) is 13.0 Å². The molecule has 0 spiro atoms. The topological polar surface area (TPSA) is 107 Å². The number of carbonyl (C=O) groups is 2. The molecule has 2 unspecified atom stereocenters. The van der Waals surface area contributed by atoms with Gasteiger partial charge >= 0.3 is 5.97 Å². The highest BCUT2D eigenvalue weighted by Gasteiger charge is 2.40. The van der Waals surface area contributed by atoms with Gasteiger partial charge in [0.05, 0.1) is 18.8 Å². The maximum atomic E-state index is 12.3. The van der Waals surface area contributed by atoms with Crippen LogP contribution in [0.5, 0.6) is 11.5 Å². The first-order valence-electron chi connectivity index (χ1n) is 6.03. The number of likely N-dealkylation sites (tertiary alicyclic amines) is 1. The Labute approximate surface area is 115 Å². The first-order chi connectivity index (χ1) is 9.45. The number of carboxylic acid groups (broad SMARTS) is 1. The van der Waals surface area contributed by atoms with Gasteiger partial charge in [-0.15, -0.1) is 0 Å². The van der Waals surface area contributed by atoms with E-state index in [9.17, 15) is 19.8 Å². The molecule has 7 nitrogen and oxygen atoms in total. The van der Waals surface area contributed by atoms with Crippen LogP contribution in [0.2, 0.25) is 0 Å². The Morgan fingerprint density at radius 2 is 2.10 bits per heavy atom. The molecule has 0 saturated carbocycles. The number of aromatic hydroxyl groups is 1. The van der Waals surface area contributed by atoms with Gasteiger partial charge < -0.3 is 25.0 Å². The molecule has 1 fully saturated rings. The van der Waals surface area contributed by atoms with E-state index in [1.54, 1.807) is 0 Å². The lowest BCUT2D eigenvalue weighted by molar-refractivity contribution is -0.141. The predicted molar refractivity (Wildman–Crippen MR) is 67.7 cm³/mol. The zero-order valence-corrected chi connectivity index (χ0v) is 10.8. The van der Waals surface area contributed by atoms with E-state index in [2.05, 4.69) is 0 Å². The van der Waals surface area contributed by atoms with E-state index < -0.39 is 24.0 Å². The molecule has 2 atom stereocenters. The number of nitrogens with zero attached hydrogens (tertiary/aromatic N) is 1. The molecule has 7 heteroatoms. The maximum absolute atomic E-state index is 12.3. The smallest absolute Gasteiger partial charge is 0.326 e. The van der Waals surface area contributed by atoms with Gasteiger partial charge in [-0.3, -0.25) is 4.79 Å². The Kier molecular flexibility index (Phi) is 3.80. The quantitative estimate of drug-likeness (QED) is 0.723. The number of amides is 1. The van der Waals surface area contributed by atoms with Gasteiger partial charge in [0.25, 0.3) is 5.91 Å². The number of hydrogen-bond acceptors (Lipinski definition) is 5. The number of rotatable bonds is 3.